The first-order chi connectivity index (χ1) is 28.1. The molecule has 2 N–H and O–H groups in total. The molecule has 1 aliphatic rings. The van der Waals surface area contributed by atoms with Gasteiger partial charge in [0.1, 0.15) is 5.75 Å². The van der Waals surface area contributed by atoms with Crippen molar-refractivity contribution in [1.82, 2.24) is 0 Å². The maximum atomic E-state index is 9.85. The van der Waals surface area contributed by atoms with E-state index in [9.17, 15) is 5.11 Å². The molecule has 5 aromatic carbocycles. The number of rotatable bonds is 11. The van der Waals surface area contributed by atoms with Crippen LogP contribution in [0.5, 0.6) is 11.5 Å². The molecule has 1 aliphatic heterocycles. The molecule has 5 nitrogen and oxygen atoms in total. The Bertz CT molecular complexity index is 2000. The second-order valence-electron chi connectivity index (χ2n) is 17.3. The van der Waals surface area contributed by atoms with Crippen molar-refractivity contribution in [3.63, 3.8) is 0 Å². The van der Waals surface area contributed by atoms with Gasteiger partial charge in [0.25, 0.3) is 0 Å². The second kappa shape index (κ2) is 22.2. The first kappa shape index (κ1) is 47.1. The van der Waals surface area contributed by atoms with E-state index in [1.165, 1.54) is 44.8 Å². The van der Waals surface area contributed by atoms with Crippen LogP contribution in [0.3, 0.4) is 0 Å². The van der Waals surface area contributed by atoms with Crippen LogP contribution in [0, 0.1) is 6.67 Å². The summed E-state index contributed by atoms with van der Waals surface area (Å²) < 4.78 is 1.80. The topological polar surface area (TPSA) is 59.3 Å². The Morgan fingerprint density at radius 3 is 1.10 bits per heavy atom. The van der Waals surface area contributed by atoms with Crippen LogP contribution in [0.25, 0.3) is 0 Å². The predicted molar refractivity (Wildman–Crippen MR) is 251 cm³/mol. The van der Waals surface area contributed by atoms with Crippen LogP contribution in [-0.4, -0.2) is 34.1 Å². The molecule has 315 valence electrons. The van der Waals surface area contributed by atoms with Crippen molar-refractivity contribution in [1.29, 1.82) is 0 Å². The molecule has 1 heterocycles. The van der Waals surface area contributed by atoms with Crippen LogP contribution in [0.15, 0.2) is 108 Å². The normalized spacial score (nSPS) is 12.8. The minimum absolute atomic E-state index is 0.259. The fraction of sp³-hybridized carbons (Fsp3) is 0.377. The number of hydrogen-bond acceptors (Lipinski definition) is 5. The molecule has 0 atom stereocenters. The van der Waals surface area contributed by atoms with Crippen LogP contribution in [0.1, 0.15) is 163 Å². The van der Waals surface area contributed by atoms with Crippen molar-refractivity contribution in [3.8, 4) is 11.5 Å². The van der Waals surface area contributed by atoms with Crippen molar-refractivity contribution in [3.05, 3.63) is 154 Å². The summed E-state index contributed by atoms with van der Waals surface area (Å²) in [6.07, 6.45) is 1.75. The molecule has 1 saturated heterocycles. The molecule has 5 aromatic rings. The van der Waals surface area contributed by atoms with Gasteiger partial charge in [0.15, 0.2) is 0 Å². The van der Waals surface area contributed by atoms with E-state index in [-0.39, 0.29) is 5.75 Å². The van der Waals surface area contributed by atoms with E-state index in [4.69, 9.17) is 10.1 Å². The zero-order valence-electron chi connectivity index (χ0n) is 37.5. The van der Waals surface area contributed by atoms with Crippen molar-refractivity contribution in [2.24, 2.45) is 4.99 Å². The Morgan fingerprint density at radius 1 is 0.475 bits per heavy atom. The predicted octanol–water partition coefficient (Wildman–Crippen LogP) is 14.1. The number of para-hydroxylation sites is 5. The molecule has 0 radical (unpaired) electrons. The second-order valence-corrected chi connectivity index (χ2v) is 17.8. The molecular formula is C53H68N3O2Ru. The first-order valence-electron chi connectivity index (χ1n) is 21.4. The monoisotopic (exact) mass is 880 g/mol. The number of hydrogen-bond donors (Lipinski definition) is 2. The molecule has 0 aromatic heterocycles. The van der Waals surface area contributed by atoms with Crippen molar-refractivity contribution < 1.29 is 28.1 Å². The molecule has 0 unspecified atom stereocenters. The summed E-state index contributed by atoms with van der Waals surface area (Å²) >= 11 is 2.36. The number of benzene rings is 5. The van der Waals surface area contributed by atoms with E-state index in [1.54, 1.807) is 29.0 Å². The summed E-state index contributed by atoms with van der Waals surface area (Å²) in [5, 5.41) is 18.9. The van der Waals surface area contributed by atoms with Gasteiger partial charge < -0.3 is 14.9 Å². The number of aromatic hydroxyl groups is 2. The van der Waals surface area contributed by atoms with Crippen molar-refractivity contribution in [2.75, 3.05) is 22.9 Å². The van der Waals surface area contributed by atoms with Gasteiger partial charge in [0.05, 0.1) is 5.69 Å². The quantitative estimate of drug-likeness (QED) is 0.0788. The van der Waals surface area contributed by atoms with Gasteiger partial charge >= 0.3 is 63.1 Å². The third-order valence-electron chi connectivity index (χ3n) is 10.8. The van der Waals surface area contributed by atoms with Gasteiger partial charge in [0.2, 0.25) is 0 Å². The minimum atomic E-state index is 0.259. The molecule has 0 saturated carbocycles. The average molecular weight is 880 g/mol. The van der Waals surface area contributed by atoms with Gasteiger partial charge in [-0.1, -0.05) is 150 Å². The van der Waals surface area contributed by atoms with E-state index in [0.717, 1.165) is 29.9 Å². The van der Waals surface area contributed by atoms with E-state index < -0.39 is 0 Å². The zero-order chi connectivity index (χ0) is 43.4. The van der Waals surface area contributed by atoms with Crippen LogP contribution < -0.4 is 9.80 Å². The van der Waals surface area contributed by atoms with E-state index in [2.05, 4.69) is 172 Å². The van der Waals surface area contributed by atoms with Gasteiger partial charge in [-0.15, -0.1) is 0 Å². The molecule has 0 spiro atoms. The fourth-order valence-corrected chi connectivity index (χ4v) is 7.91. The van der Waals surface area contributed by atoms with E-state index in [1.807, 2.05) is 30.3 Å². The average Bonchev–Trinajstić information content (AvgIpc) is 3.70. The summed E-state index contributed by atoms with van der Waals surface area (Å²) in [4.78, 5) is 9.71. The van der Waals surface area contributed by atoms with E-state index >= 15 is 0 Å². The van der Waals surface area contributed by atoms with Crippen LogP contribution in [0.2, 0.25) is 0 Å². The molecule has 0 aliphatic carbocycles. The Kier molecular flexibility index (Phi) is 17.7. The zero-order valence-corrected chi connectivity index (χ0v) is 39.3. The number of phenols is 2. The Morgan fingerprint density at radius 2 is 0.797 bits per heavy atom. The van der Waals surface area contributed by atoms with Gasteiger partial charge in [-0.3, -0.25) is 4.99 Å². The Balaban J connectivity index is 0.000000222. The third-order valence-corrected chi connectivity index (χ3v) is 11.3. The Hall–Kier alpha value is -4.54. The molecule has 0 amide bonds. The molecular weight excluding hydrogens is 812 g/mol. The molecule has 0 bridgehead atoms. The third kappa shape index (κ3) is 12.3. The van der Waals surface area contributed by atoms with Crippen molar-refractivity contribution >= 4 is 27.9 Å². The maximum absolute atomic E-state index is 9.85. The number of nitrogens with zero attached hydrogens (tertiary/aromatic N) is 3. The molecule has 1 fully saturated rings. The summed E-state index contributed by atoms with van der Waals surface area (Å²) in [6.45, 7) is 31.6. The first-order valence-corrected chi connectivity index (χ1v) is 22.4. The Labute approximate surface area is 366 Å². The SMILES string of the molecule is CC(C)c1cccc(C(C)C)c1N1[CH-]N(c2c(C(C)C)cccc2C(C)C)CC1.CC(C)c1cccc(C(C)C)c1N=Cc1ccccc1O.Oc1ccccc1[CH]=[Ru+]. The summed E-state index contributed by atoms with van der Waals surface area (Å²) in [7, 11) is 0. The molecule has 6 rings (SSSR count). The van der Waals surface area contributed by atoms with Gasteiger partial charge in [-0.2, -0.15) is 6.67 Å². The molecule has 59 heavy (non-hydrogen) atoms. The summed E-state index contributed by atoms with van der Waals surface area (Å²) in [6, 6.07) is 34.5. The van der Waals surface area contributed by atoms with Gasteiger partial charge in [-0.25, -0.2) is 0 Å². The number of aliphatic imine (C=N–C) groups is 1. The summed E-state index contributed by atoms with van der Waals surface area (Å²) in [5.74, 6) is 3.48. The van der Waals surface area contributed by atoms with E-state index in [0.29, 0.717) is 41.3 Å². The number of phenolic OH excluding ortho intramolecular Hbond substituents is 2. The fourth-order valence-electron chi connectivity index (χ4n) is 7.49. The van der Waals surface area contributed by atoms with Gasteiger partial charge in [-0.05, 0) is 81.0 Å². The number of anilines is 2. The van der Waals surface area contributed by atoms with Crippen LogP contribution in [0.4, 0.5) is 17.1 Å². The summed E-state index contributed by atoms with van der Waals surface area (Å²) in [5.41, 5.74) is 13.8. The van der Waals surface area contributed by atoms with Gasteiger partial charge in [0, 0.05) is 36.2 Å². The standard InChI is InChI=1S/C27H39N2.C19H23NO.C7H6O.Ru/c1-18(2)22-11-9-12-23(19(3)4)26(22)28-15-16-29(17-28)27-24(20(5)6)13-10-14-25(27)21(7)8;1-13(2)16-9-7-10-17(14(3)4)19(16)20-12-15-8-5-6-11-18(15)21;1-6-4-2-3-5-7(6)8;/h9-14,17-21H,15-16H2,1-8H3;5-14,21H,1-4H3;1-5,8H;/q-1;;;+1. The van der Waals surface area contributed by atoms with Crippen molar-refractivity contribution in [2.45, 2.75) is 119 Å². The van der Waals surface area contributed by atoms with Crippen LogP contribution in [-0.2, 0) is 17.9 Å². The van der Waals surface area contributed by atoms with Crippen LogP contribution >= 0.6 is 0 Å². The molecule has 6 heteroatoms.